The van der Waals surface area contributed by atoms with Crippen molar-refractivity contribution in [3.05, 3.63) is 65.2 Å². The number of nitrogens with one attached hydrogen (secondary N) is 2. The van der Waals surface area contributed by atoms with E-state index in [0.717, 1.165) is 16.7 Å². The molecule has 0 spiro atoms. The maximum absolute atomic E-state index is 11.8. The van der Waals surface area contributed by atoms with Crippen LogP contribution in [0.3, 0.4) is 0 Å². The van der Waals surface area contributed by atoms with Crippen molar-refractivity contribution < 1.29 is 14.3 Å². The minimum Gasteiger partial charge on any atom is -0.484 e. The quantitative estimate of drug-likeness (QED) is 0.801. The SMILES string of the molecule is Cc1cccc(CCC(=O)NNC(=O)COc2cccc(C)c2)c1. The molecule has 0 saturated carbocycles. The second kappa shape index (κ2) is 8.72. The molecule has 0 fully saturated rings. The maximum atomic E-state index is 11.8. The number of carbonyl (C=O) groups is 2. The van der Waals surface area contributed by atoms with Crippen LogP contribution in [0.4, 0.5) is 0 Å². The lowest BCUT2D eigenvalue weighted by Crippen LogP contribution is -2.43. The molecule has 0 saturated heterocycles. The summed E-state index contributed by atoms with van der Waals surface area (Å²) < 4.78 is 5.36. The summed E-state index contributed by atoms with van der Waals surface area (Å²) in [4.78, 5) is 23.4. The van der Waals surface area contributed by atoms with Crippen LogP contribution in [0.1, 0.15) is 23.1 Å². The fourth-order valence-electron chi connectivity index (χ4n) is 2.22. The smallest absolute Gasteiger partial charge is 0.276 e. The fraction of sp³-hybridized carbons (Fsp3) is 0.263. The highest BCUT2D eigenvalue weighted by Gasteiger charge is 2.06. The summed E-state index contributed by atoms with van der Waals surface area (Å²) in [5, 5.41) is 0. The minimum atomic E-state index is -0.402. The van der Waals surface area contributed by atoms with E-state index in [0.29, 0.717) is 18.6 Å². The van der Waals surface area contributed by atoms with Gasteiger partial charge in [-0.25, -0.2) is 0 Å². The highest BCUT2D eigenvalue weighted by molar-refractivity contribution is 5.82. The van der Waals surface area contributed by atoms with Crippen LogP contribution in [-0.4, -0.2) is 18.4 Å². The molecule has 0 aliphatic heterocycles. The molecule has 0 bridgehead atoms. The molecule has 0 radical (unpaired) electrons. The van der Waals surface area contributed by atoms with Gasteiger partial charge in [-0.3, -0.25) is 20.4 Å². The molecular weight excluding hydrogens is 304 g/mol. The molecule has 0 atom stereocenters. The molecule has 0 aliphatic rings. The van der Waals surface area contributed by atoms with Gasteiger partial charge in [-0.05, 0) is 43.5 Å². The van der Waals surface area contributed by atoms with Crippen LogP contribution in [0.25, 0.3) is 0 Å². The second-order valence-corrected chi connectivity index (χ2v) is 5.69. The number of aryl methyl sites for hydroxylation is 3. The number of hydrogen-bond acceptors (Lipinski definition) is 3. The Bertz CT molecular complexity index is 652. The summed E-state index contributed by atoms with van der Waals surface area (Å²) in [6, 6.07) is 15.4. The summed E-state index contributed by atoms with van der Waals surface area (Å²) in [5.74, 6) is -0.0169. The minimum absolute atomic E-state index is 0.151. The molecule has 5 nitrogen and oxygen atoms in total. The van der Waals surface area contributed by atoms with Gasteiger partial charge in [-0.15, -0.1) is 0 Å². The van der Waals surface area contributed by atoms with Gasteiger partial charge in [0.1, 0.15) is 5.75 Å². The first-order chi connectivity index (χ1) is 11.5. The van der Waals surface area contributed by atoms with Gasteiger partial charge in [0.2, 0.25) is 5.91 Å². The first kappa shape index (κ1) is 17.5. The van der Waals surface area contributed by atoms with Crippen molar-refractivity contribution in [2.75, 3.05) is 6.61 Å². The molecule has 2 amide bonds. The molecule has 2 rings (SSSR count). The van der Waals surface area contributed by atoms with Crippen LogP contribution < -0.4 is 15.6 Å². The van der Waals surface area contributed by atoms with Crippen LogP contribution in [0.15, 0.2) is 48.5 Å². The van der Waals surface area contributed by atoms with Crippen LogP contribution in [0.2, 0.25) is 0 Å². The Balaban J connectivity index is 1.66. The topological polar surface area (TPSA) is 67.4 Å². The van der Waals surface area contributed by atoms with Crippen LogP contribution >= 0.6 is 0 Å². The maximum Gasteiger partial charge on any atom is 0.276 e. The first-order valence-corrected chi connectivity index (χ1v) is 7.85. The van der Waals surface area contributed by atoms with Gasteiger partial charge in [-0.2, -0.15) is 0 Å². The summed E-state index contributed by atoms with van der Waals surface area (Å²) >= 11 is 0. The van der Waals surface area contributed by atoms with E-state index in [4.69, 9.17) is 4.74 Å². The average Bonchev–Trinajstić information content (AvgIpc) is 2.56. The van der Waals surface area contributed by atoms with Crippen molar-refractivity contribution in [2.24, 2.45) is 0 Å². The van der Waals surface area contributed by atoms with Gasteiger partial charge in [0, 0.05) is 6.42 Å². The molecule has 2 aromatic rings. The van der Waals surface area contributed by atoms with Gasteiger partial charge in [0.25, 0.3) is 5.91 Å². The number of benzene rings is 2. The predicted octanol–water partition coefficient (Wildman–Crippen LogP) is 2.46. The van der Waals surface area contributed by atoms with Crippen molar-refractivity contribution in [3.63, 3.8) is 0 Å². The number of amides is 2. The monoisotopic (exact) mass is 326 g/mol. The number of hydrazine groups is 1. The largest absolute Gasteiger partial charge is 0.484 e. The van der Waals surface area contributed by atoms with E-state index >= 15 is 0 Å². The van der Waals surface area contributed by atoms with E-state index in [1.807, 2.05) is 56.3 Å². The number of ether oxygens (including phenoxy) is 1. The Kier molecular flexibility index (Phi) is 6.37. The molecule has 5 heteroatoms. The summed E-state index contributed by atoms with van der Waals surface area (Å²) in [5.41, 5.74) is 8.06. The third-order valence-electron chi connectivity index (χ3n) is 3.42. The van der Waals surface area contributed by atoms with Gasteiger partial charge >= 0.3 is 0 Å². The Morgan fingerprint density at radius 3 is 2.29 bits per heavy atom. The van der Waals surface area contributed by atoms with Crippen LogP contribution in [0.5, 0.6) is 5.75 Å². The molecule has 126 valence electrons. The molecular formula is C19H22N2O3. The Hall–Kier alpha value is -2.82. The van der Waals surface area contributed by atoms with Crippen LogP contribution in [0, 0.1) is 13.8 Å². The molecule has 0 heterocycles. The molecule has 0 aliphatic carbocycles. The van der Waals surface area contributed by atoms with E-state index in [-0.39, 0.29) is 12.5 Å². The molecule has 0 unspecified atom stereocenters. The summed E-state index contributed by atoms with van der Waals surface area (Å²) in [6.07, 6.45) is 0.936. The Morgan fingerprint density at radius 1 is 0.917 bits per heavy atom. The van der Waals surface area contributed by atoms with Crippen molar-refractivity contribution in [2.45, 2.75) is 26.7 Å². The number of hydrogen-bond donors (Lipinski definition) is 2. The standard InChI is InChI=1S/C19H22N2O3/c1-14-5-3-7-16(11-14)9-10-18(22)20-21-19(23)13-24-17-8-4-6-15(2)12-17/h3-8,11-12H,9-10,13H2,1-2H3,(H,20,22)(H,21,23). The van der Waals surface area contributed by atoms with E-state index in [1.165, 1.54) is 0 Å². The average molecular weight is 326 g/mol. The van der Waals surface area contributed by atoms with E-state index in [9.17, 15) is 9.59 Å². The van der Waals surface area contributed by atoms with E-state index in [2.05, 4.69) is 10.9 Å². The van der Waals surface area contributed by atoms with Gasteiger partial charge < -0.3 is 4.74 Å². The summed E-state index contributed by atoms with van der Waals surface area (Å²) in [6.45, 7) is 3.81. The van der Waals surface area contributed by atoms with Crippen molar-refractivity contribution in [1.29, 1.82) is 0 Å². The van der Waals surface area contributed by atoms with Crippen molar-refractivity contribution >= 4 is 11.8 Å². The number of carbonyl (C=O) groups excluding carboxylic acids is 2. The fourth-order valence-corrected chi connectivity index (χ4v) is 2.22. The number of rotatable bonds is 6. The lowest BCUT2D eigenvalue weighted by Gasteiger charge is -2.09. The second-order valence-electron chi connectivity index (χ2n) is 5.69. The normalized spacial score (nSPS) is 10.1. The predicted molar refractivity (Wildman–Crippen MR) is 92.5 cm³/mol. The zero-order chi connectivity index (χ0) is 17.4. The highest BCUT2D eigenvalue weighted by Crippen LogP contribution is 2.11. The van der Waals surface area contributed by atoms with Crippen LogP contribution in [-0.2, 0) is 16.0 Å². The summed E-state index contributed by atoms with van der Waals surface area (Å²) in [7, 11) is 0. The lowest BCUT2D eigenvalue weighted by molar-refractivity contribution is -0.130. The first-order valence-electron chi connectivity index (χ1n) is 7.85. The molecule has 2 N–H and O–H groups in total. The molecule has 2 aromatic carbocycles. The Morgan fingerprint density at radius 2 is 1.58 bits per heavy atom. The lowest BCUT2D eigenvalue weighted by atomic mass is 10.1. The molecule has 24 heavy (non-hydrogen) atoms. The Labute approximate surface area is 142 Å². The third-order valence-corrected chi connectivity index (χ3v) is 3.42. The zero-order valence-corrected chi connectivity index (χ0v) is 14.0. The zero-order valence-electron chi connectivity index (χ0n) is 14.0. The van der Waals surface area contributed by atoms with Crippen molar-refractivity contribution in [1.82, 2.24) is 10.9 Å². The van der Waals surface area contributed by atoms with E-state index < -0.39 is 5.91 Å². The van der Waals surface area contributed by atoms with Gasteiger partial charge in [0.15, 0.2) is 6.61 Å². The van der Waals surface area contributed by atoms with Gasteiger partial charge in [0.05, 0.1) is 0 Å². The van der Waals surface area contributed by atoms with E-state index in [1.54, 1.807) is 6.07 Å². The van der Waals surface area contributed by atoms with Crippen molar-refractivity contribution in [3.8, 4) is 5.75 Å². The van der Waals surface area contributed by atoms with Gasteiger partial charge in [-0.1, -0.05) is 42.0 Å². The highest BCUT2D eigenvalue weighted by atomic mass is 16.5. The molecule has 0 aromatic heterocycles. The third kappa shape index (κ3) is 6.12.